The van der Waals surface area contributed by atoms with Gasteiger partial charge in [-0.25, -0.2) is 9.59 Å². The van der Waals surface area contributed by atoms with Gasteiger partial charge in [0.1, 0.15) is 55.2 Å². The van der Waals surface area contributed by atoms with Crippen molar-refractivity contribution in [1.29, 1.82) is 0 Å². The molecule has 11 nitrogen and oxygen atoms in total. The average molecular weight is 794 g/mol. The van der Waals surface area contributed by atoms with Gasteiger partial charge in [0.05, 0.1) is 5.22 Å². The molecular formula is C45H48ClN3O8. The number of halogens is 1. The maximum absolute atomic E-state index is 13.5. The first-order valence-electron chi connectivity index (χ1n) is 19.6. The molecule has 1 N–H and O–H groups in total. The van der Waals surface area contributed by atoms with Gasteiger partial charge in [-0.1, -0.05) is 113 Å². The summed E-state index contributed by atoms with van der Waals surface area (Å²) >= 11 is 5.79. The zero-order valence-corrected chi connectivity index (χ0v) is 33.2. The second-order valence-electron chi connectivity index (χ2n) is 14.9. The minimum absolute atomic E-state index is 0.101. The van der Waals surface area contributed by atoms with Crippen molar-refractivity contribution in [2.75, 3.05) is 19.1 Å². The number of hydrogen-bond donors (Lipinski definition) is 1. The van der Waals surface area contributed by atoms with E-state index in [9.17, 15) is 14.4 Å². The van der Waals surface area contributed by atoms with E-state index in [-0.39, 0.29) is 37.4 Å². The average Bonchev–Trinajstić information content (AvgIpc) is 3.91. The maximum atomic E-state index is 13.5. The van der Waals surface area contributed by atoms with E-state index < -0.39 is 42.5 Å². The van der Waals surface area contributed by atoms with E-state index >= 15 is 0 Å². The number of hydrogen-bond acceptors (Lipinski definition) is 10. The van der Waals surface area contributed by atoms with Crippen LogP contribution < -0.4 is 16.1 Å². The zero-order chi connectivity index (χ0) is 40.1. The number of nitrogens with one attached hydrogen (secondary N) is 1. The van der Waals surface area contributed by atoms with E-state index in [4.69, 9.17) is 35.0 Å². The monoisotopic (exact) mass is 793 g/mol. The second kappa shape index (κ2) is 17.8. The topological polar surface area (TPSA) is 129 Å². The summed E-state index contributed by atoms with van der Waals surface area (Å²) in [6.45, 7) is 9.76. The molecule has 3 aliphatic rings. The van der Waals surface area contributed by atoms with Crippen molar-refractivity contribution < 1.29 is 37.7 Å². The van der Waals surface area contributed by atoms with Gasteiger partial charge < -0.3 is 33.6 Å². The number of carbonyl (C=O) groups is 3. The van der Waals surface area contributed by atoms with Crippen LogP contribution >= 0.6 is 11.6 Å². The fourth-order valence-corrected chi connectivity index (χ4v) is 7.71. The van der Waals surface area contributed by atoms with Gasteiger partial charge >= 0.3 is 18.0 Å². The molecule has 0 bridgehead atoms. The third-order valence-corrected chi connectivity index (χ3v) is 10.9. The molecule has 1 amide bonds. The molecule has 12 heteroatoms. The molecule has 3 aromatic carbocycles. The first-order valence-corrected chi connectivity index (χ1v) is 20.1. The normalized spacial score (nSPS) is 18.9. The van der Waals surface area contributed by atoms with Crippen molar-refractivity contribution in [3.8, 4) is 22.5 Å². The van der Waals surface area contributed by atoms with Crippen LogP contribution in [0.4, 0.5) is 4.79 Å². The van der Waals surface area contributed by atoms with Crippen LogP contribution in [0.1, 0.15) is 69.1 Å². The second-order valence-corrected chi connectivity index (χ2v) is 15.2. The van der Waals surface area contributed by atoms with E-state index in [1.54, 1.807) is 18.7 Å². The number of nitrogens with zero attached hydrogens (tertiary/aromatic N) is 2. The quantitative estimate of drug-likeness (QED) is 0.0576. The van der Waals surface area contributed by atoms with Gasteiger partial charge in [-0.15, -0.1) is 11.6 Å². The van der Waals surface area contributed by atoms with E-state index in [1.807, 2.05) is 48.7 Å². The van der Waals surface area contributed by atoms with Crippen LogP contribution in [0.15, 0.2) is 101 Å². The van der Waals surface area contributed by atoms with E-state index in [0.29, 0.717) is 17.1 Å². The minimum Gasteiger partial charge on any atom is -0.461 e. The Bertz CT molecular complexity index is 2190. The molecule has 4 unspecified atom stereocenters. The Morgan fingerprint density at radius 3 is 2.33 bits per heavy atom. The third kappa shape index (κ3) is 8.95. The highest BCUT2D eigenvalue weighted by Gasteiger charge is 2.42. The number of rotatable bonds is 15. The Labute approximate surface area is 337 Å². The first kappa shape index (κ1) is 39.8. The molecule has 0 radical (unpaired) electrons. The summed E-state index contributed by atoms with van der Waals surface area (Å²) in [5.41, 5.74) is 7.04. The van der Waals surface area contributed by atoms with Gasteiger partial charge in [-0.3, -0.25) is 4.79 Å². The van der Waals surface area contributed by atoms with Gasteiger partial charge in [0.15, 0.2) is 0 Å². The number of unbranched alkanes of at least 4 members (excludes halogenated alkanes) is 2. The van der Waals surface area contributed by atoms with Gasteiger partial charge in [-0.05, 0) is 52.6 Å². The predicted octanol–water partition coefficient (Wildman–Crippen LogP) is 7.20. The molecule has 1 fully saturated rings. The lowest BCUT2D eigenvalue weighted by atomic mass is 9.98. The van der Waals surface area contributed by atoms with Crippen molar-refractivity contribution in [1.82, 2.24) is 10.2 Å². The molecule has 1 aromatic heterocycles. The summed E-state index contributed by atoms with van der Waals surface area (Å²) in [6.07, 6.45) is 3.63. The lowest BCUT2D eigenvalue weighted by Crippen LogP contribution is -2.46. The predicted molar refractivity (Wildman–Crippen MR) is 215 cm³/mol. The Morgan fingerprint density at radius 1 is 0.965 bits per heavy atom. The van der Waals surface area contributed by atoms with Crippen LogP contribution in [0.3, 0.4) is 0 Å². The molecule has 0 saturated carbocycles. The highest BCUT2D eigenvalue weighted by molar-refractivity contribution is 6.26. The molecule has 57 heavy (non-hydrogen) atoms. The molecule has 1 aliphatic carbocycles. The highest BCUT2D eigenvalue weighted by Crippen LogP contribution is 2.44. The number of benzene rings is 3. The van der Waals surface area contributed by atoms with Crippen LogP contribution in [0.5, 0.6) is 0 Å². The largest absolute Gasteiger partial charge is 0.461 e. The summed E-state index contributed by atoms with van der Waals surface area (Å²) in [5, 5.41) is 3.43. The van der Waals surface area contributed by atoms with Gasteiger partial charge in [0, 0.05) is 24.1 Å². The molecular weight excluding hydrogens is 746 g/mol. The fraction of sp³-hybridized carbons (Fsp3) is 0.378. The van der Waals surface area contributed by atoms with E-state index in [2.05, 4.69) is 60.2 Å². The molecule has 3 heterocycles. The van der Waals surface area contributed by atoms with Crippen molar-refractivity contribution in [2.24, 2.45) is 10.9 Å². The third-order valence-electron chi connectivity index (χ3n) is 10.7. The number of alkyl halides is 1. The van der Waals surface area contributed by atoms with Crippen molar-refractivity contribution in [3.05, 3.63) is 119 Å². The lowest BCUT2D eigenvalue weighted by Gasteiger charge is -2.27. The van der Waals surface area contributed by atoms with Gasteiger partial charge in [0.25, 0.3) is 0 Å². The molecule has 2 aliphatic heterocycles. The van der Waals surface area contributed by atoms with Gasteiger partial charge in [-0.2, -0.15) is 4.99 Å². The Hall–Kier alpha value is -5.39. The van der Waals surface area contributed by atoms with Crippen LogP contribution in [0.2, 0.25) is 0 Å². The number of fused-ring (bicyclic) bond motifs is 4. The molecule has 7 rings (SSSR count). The number of carbonyl (C=O) groups excluding carboxylic acids is 3. The van der Waals surface area contributed by atoms with Crippen molar-refractivity contribution in [2.45, 2.75) is 83.3 Å². The number of furan rings is 1. The van der Waals surface area contributed by atoms with Crippen molar-refractivity contribution in [3.63, 3.8) is 0 Å². The summed E-state index contributed by atoms with van der Waals surface area (Å²) < 4.78 is 29.5. The Morgan fingerprint density at radius 2 is 1.67 bits per heavy atom. The maximum Gasteiger partial charge on any atom is 0.407 e. The number of alkyl carbamates (subject to hydrolysis) is 1. The fourth-order valence-electron chi connectivity index (χ4n) is 7.65. The lowest BCUT2D eigenvalue weighted by molar-refractivity contribution is -0.158. The number of amides is 1. The standard InChI is InChI=1S/C45H48ClN3O8/c1-5-6-7-12-29-17-19-30(20-18-29)37-21-31-24-49(28(4)47-43(31)57-37)40-22-38(56-41(50)23-46)39(55-40)26-53-44(51)42(27(2)3)48-45(52)54-25-36-34-15-10-8-13-32(34)33-14-9-11-16-35(33)36/h8-11,13-21,24,27,36,38-40,42H,4-7,12,22-23,25-26H2,1-3H3,(H,48,52). The van der Waals surface area contributed by atoms with Crippen LogP contribution in [-0.4, -0.2) is 66.5 Å². The SMILES string of the molecule is C=C1N=c2oc(-c3ccc(CCCCC)cc3)cc2=CN1C1CC(OC(=O)CCl)C(COC(=O)C(NC(=O)OCC2c3ccccc3-c3ccccc32)C(C)C)O1. The summed E-state index contributed by atoms with van der Waals surface area (Å²) in [7, 11) is 0. The van der Waals surface area contributed by atoms with Crippen LogP contribution in [-0.2, 0) is 35.0 Å². The van der Waals surface area contributed by atoms with Crippen LogP contribution in [0.25, 0.3) is 28.7 Å². The Balaban J connectivity index is 0.983. The molecule has 4 aromatic rings. The summed E-state index contributed by atoms with van der Waals surface area (Å²) in [5.74, 6) is -1.09. The number of esters is 2. The minimum atomic E-state index is -1.01. The molecule has 1 saturated heterocycles. The van der Waals surface area contributed by atoms with Crippen LogP contribution in [0, 0.1) is 5.92 Å². The van der Waals surface area contributed by atoms with E-state index in [0.717, 1.165) is 45.9 Å². The van der Waals surface area contributed by atoms with Crippen molar-refractivity contribution >= 4 is 35.8 Å². The Kier molecular flexibility index (Phi) is 12.5. The smallest absolute Gasteiger partial charge is 0.407 e. The summed E-state index contributed by atoms with van der Waals surface area (Å²) in [4.78, 5) is 45.3. The summed E-state index contributed by atoms with van der Waals surface area (Å²) in [6, 6.07) is 25.4. The van der Waals surface area contributed by atoms with Gasteiger partial charge in [0.2, 0.25) is 5.55 Å². The molecule has 298 valence electrons. The molecule has 4 atom stereocenters. The van der Waals surface area contributed by atoms with E-state index in [1.165, 1.54) is 18.4 Å². The zero-order valence-electron chi connectivity index (χ0n) is 32.4. The molecule has 0 spiro atoms. The number of ether oxygens (including phenoxy) is 4. The highest BCUT2D eigenvalue weighted by atomic mass is 35.5. The first-order chi connectivity index (χ1) is 27.6. The number of aryl methyl sites for hydroxylation is 1.